The van der Waals surface area contributed by atoms with Gasteiger partial charge in [0.1, 0.15) is 17.6 Å². The maximum atomic E-state index is 15.2. The van der Waals surface area contributed by atoms with E-state index in [1.54, 1.807) is 6.92 Å². The average Bonchev–Trinajstić information content (AvgIpc) is 3.60. The van der Waals surface area contributed by atoms with Crippen molar-refractivity contribution in [3.05, 3.63) is 87.3 Å². The molecule has 3 heterocycles. The lowest BCUT2D eigenvalue weighted by Gasteiger charge is -2.33. The minimum atomic E-state index is -4.75. The third-order valence-corrected chi connectivity index (χ3v) is 10.8. The second-order valence-corrected chi connectivity index (χ2v) is 14.8. The van der Waals surface area contributed by atoms with Gasteiger partial charge in [0, 0.05) is 61.1 Å². The molecule has 284 valence electrons. The van der Waals surface area contributed by atoms with Gasteiger partial charge in [-0.15, -0.1) is 5.10 Å². The predicted molar refractivity (Wildman–Crippen MR) is 187 cm³/mol. The third-order valence-electron chi connectivity index (χ3n) is 8.63. The Morgan fingerprint density at radius 3 is 2.36 bits per heavy atom. The fourth-order valence-corrected chi connectivity index (χ4v) is 7.12. The third kappa shape index (κ3) is 8.53. The number of alkyl halides is 3. The Hall–Kier alpha value is -4.85. The number of rotatable bonds is 11. The van der Waals surface area contributed by atoms with E-state index in [1.807, 2.05) is 0 Å². The van der Waals surface area contributed by atoms with Crippen LogP contribution in [0.15, 0.2) is 59.7 Å². The van der Waals surface area contributed by atoms with Crippen molar-refractivity contribution in [1.82, 2.24) is 33.5 Å². The molecule has 1 aliphatic heterocycles. The molecule has 14 nitrogen and oxygen atoms in total. The summed E-state index contributed by atoms with van der Waals surface area (Å²) >= 11 is 6.23. The van der Waals surface area contributed by atoms with Gasteiger partial charge in [-0.1, -0.05) is 23.7 Å². The van der Waals surface area contributed by atoms with Crippen LogP contribution in [0.1, 0.15) is 48.3 Å². The van der Waals surface area contributed by atoms with E-state index in [1.165, 1.54) is 62.0 Å². The second kappa shape index (κ2) is 15.6. The minimum absolute atomic E-state index is 0.0101. The van der Waals surface area contributed by atoms with Crippen molar-refractivity contribution in [1.29, 1.82) is 0 Å². The summed E-state index contributed by atoms with van der Waals surface area (Å²) in [5, 5.41) is 12.3. The lowest BCUT2D eigenvalue weighted by atomic mass is 10.0. The van der Waals surface area contributed by atoms with Gasteiger partial charge >= 0.3 is 6.18 Å². The first-order valence-corrected chi connectivity index (χ1v) is 17.9. The van der Waals surface area contributed by atoms with E-state index in [0.29, 0.717) is 19.0 Å². The number of nitrogens with one attached hydrogen (secondary N) is 2. The lowest BCUT2D eigenvalue weighted by molar-refractivity contribution is -0.141. The van der Waals surface area contributed by atoms with Crippen LogP contribution in [0.4, 0.5) is 23.2 Å². The van der Waals surface area contributed by atoms with Crippen LogP contribution < -0.4 is 20.9 Å². The fraction of sp³-hybridized carbons (Fsp3) is 0.364. The number of hydrogen-bond acceptors (Lipinski definition) is 8. The zero-order valence-corrected chi connectivity index (χ0v) is 30.4. The maximum Gasteiger partial charge on any atom is 0.436 e. The van der Waals surface area contributed by atoms with Crippen molar-refractivity contribution >= 4 is 39.3 Å². The summed E-state index contributed by atoms with van der Waals surface area (Å²) in [5.41, 5.74) is -1.73. The highest BCUT2D eigenvalue weighted by Gasteiger charge is 2.35. The Labute approximate surface area is 306 Å². The van der Waals surface area contributed by atoms with Gasteiger partial charge in [-0.05, 0) is 55.7 Å². The lowest BCUT2D eigenvalue weighted by Crippen LogP contribution is -2.49. The number of carbonyl (C=O) groups is 2. The number of halogens is 5. The van der Waals surface area contributed by atoms with Crippen LogP contribution in [0.3, 0.4) is 0 Å². The van der Waals surface area contributed by atoms with Crippen molar-refractivity contribution in [2.45, 2.75) is 44.4 Å². The number of carbonyl (C=O) groups excluding carboxylic acids is 2. The van der Waals surface area contributed by atoms with Gasteiger partial charge in [-0.25, -0.2) is 9.07 Å². The van der Waals surface area contributed by atoms with Crippen LogP contribution in [0.5, 0.6) is 5.75 Å². The average molecular weight is 783 g/mol. The number of ether oxygens (including phenoxy) is 1. The Balaban J connectivity index is 1.33. The standard InChI is InChI=1S/C33H35ClF4N8O6S/c1-5-26(32(49)40-21-7-8-22(25(35)15-21)31(48)39-20-10-12-44(13-11-20)53(50,51)43(2)3)45-17-28(52-4)24(16-30(45)47)23-14-19(34)6-9-27(23)46-18-29(41-42-46)33(36,37)38/h6-9,14-18,20,26H,5,10-13H2,1-4H3,(H,39,48)(H,40,49)/t26-/m0/s1. The molecule has 1 aliphatic rings. The highest BCUT2D eigenvalue weighted by atomic mass is 35.5. The molecule has 2 aromatic carbocycles. The molecule has 1 atom stereocenters. The largest absolute Gasteiger partial charge is 0.495 e. The molecule has 0 radical (unpaired) electrons. The molecule has 1 saturated heterocycles. The summed E-state index contributed by atoms with van der Waals surface area (Å²) in [6.45, 7) is 2.02. The quantitative estimate of drug-likeness (QED) is 0.210. The molecular weight excluding hydrogens is 748 g/mol. The Morgan fingerprint density at radius 1 is 1.08 bits per heavy atom. The van der Waals surface area contributed by atoms with Crippen molar-refractivity contribution in [3.8, 4) is 22.6 Å². The molecule has 0 spiro atoms. The molecule has 20 heteroatoms. The number of piperidine rings is 1. The number of anilines is 1. The number of hydrogen-bond donors (Lipinski definition) is 2. The first-order valence-electron chi connectivity index (χ1n) is 16.1. The van der Waals surface area contributed by atoms with E-state index < -0.39 is 51.3 Å². The van der Waals surface area contributed by atoms with E-state index in [2.05, 4.69) is 20.9 Å². The first kappa shape index (κ1) is 39.4. The molecule has 0 saturated carbocycles. The van der Waals surface area contributed by atoms with E-state index in [4.69, 9.17) is 16.3 Å². The Bertz CT molecular complexity index is 2190. The molecule has 0 unspecified atom stereocenters. The molecule has 5 rings (SSSR count). The number of methoxy groups -OCH3 is 1. The topological polar surface area (TPSA) is 161 Å². The molecule has 2 aromatic heterocycles. The van der Waals surface area contributed by atoms with Crippen LogP contribution >= 0.6 is 11.6 Å². The fourth-order valence-electron chi connectivity index (χ4n) is 5.82. The van der Waals surface area contributed by atoms with Gasteiger partial charge in [0.05, 0.1) is 30.8 Å². The molecule has 0 bridgehead atoms. The summed E-state index contributed by atoms with van der Waals surface area (Å²) in [6, 6.07) is 7.38. The molecule has 0 aliphatic carbocycles. The molecule has 53 heavy (non-hydrogen) atoms. The van der Waals surface area contributed by atoms with Crippen LogP contribution in [0.25, 0.3) is 16.8 Å². The van der Waals surface area contributed by atoms with Crippen molar-refractivity contribution in [2.24, 2.45) is 0 Å². The van der Waals surface area contributed by atoms with Gasteiger partial charge in [-0.3, -0.25) is 19.0 Å². The van der Waals surface area contributed by atoms with Crippen molar-refractivity contribution in [2.75, 3.05) is 39.6 Å². The molecule has 1 fully saturated rings. The number of nitrogens with zero attached hydrogens (tertiary/aromatic N) is 6. The monoisotopic (exact) mass is 782 g/mol. The first-order chi connectivity index (χ1) is 24.9. The molecular formula is C33H35ClF4N8O6S. The zero-order chi connectivity index (χ0) is 38.8. The Kier molecular flexibility index (Phi) is 11.6. The van der Waals surface area contributed by atoms with E-state index in [-0.39, 0.29) is 64.4 Å². The van der Waals surface area contributed by atoms with Crippen LogP contribution in [-0.2, 0) is 21.2 Å². The van der Waals surface area contributed by atoms with E-state index >= 15 is 4.39 Å². The van der Waals surface area contributed by atoms with Gasteiger partial charge < -0.3 is 15.4 Å². The van der Waals surface area contributed by atoms with Gasteiger partial charge in [0.2, 0.25) is 5.91 Å². The molecule has 4 aromatic rings. The maximum absolute atomic E-state index is 15.2. The number of aromatic nitrogens is 4. The van der Waals surface area contributed by atoms with Crippen LogP contribution in [-0.4, -0.2) is 88.7 Å². The summed E-state index contributed by atoms with van der Waals surface area (Å²) in [7, 11) is 0.571. The zero-order valence-electron chi connectivity index (χ0n) is 28.8. The number of benzene rings is 2. The van der Waals surface area contributed by atoms with Crippen molar-refractivity contribution in [3.63, 3.8) is 0 Å². The summed E-state index contributed by atoms with van der Waals surface area (Å²) in [6.07, 6.45) is -2.01. The second-order valence-electron chi connectivity index (χ2n) is 12.3. The smallest absolute Gasteiger partial charge is 0.436 e. The Morgan fingerprint density at radius 2 is 1.77 bits per heavy atom. The van der Waals surface area contributed by atoms with Crippen molar-refractivity contribution < 1.29 is 40.3 Å². The van der Waals surface area contributed by atoms with Crippen LogP contribution in [0, 0.1) is 5.82 Å². The van der Waals surface area contributed by atoms with E-state index in [0.717, 1.165) is 25.7 Å². The number of pyridine rings is 1. The summed E-state index contributed by atoms with van der Waals surface area (Å²) in [4.78, 5) is 39.9. The summed E-state index contributed by atoms with van der Waals surface area (Å²) < 4.78 is 89.6. The van der Waals surface area contributed by atoms with Gasteiger partial charge in [0.15, 0.2) is 5.69 Å². The van der Waals surface area contributed by atoms with Crippen LogP contribution in [0.2, 0.25) is 5.02 Å². The normalized spacial score (nSPS) is 15.0. The highest BCUT2D eigenvalue weighted by Crippen LogP contribution is 2.36. The number of amides is 2. The summed E-state index contributed by atoms with van der Waals surface area (Å²) in [5.74, 6) is -2.24. The van der Waals surface area contributed by atoms with Gasteiger partial charge in [0.25, 0.3) is 21.7 Å². The predicted octanol–water partition coefficient (Wildman–Crippen LogP) is 4.51. The SMILES string of the molecule is CC[C@@H](C(=O)Nc1ccc(C(=O)NC2CCN(S(=O)(=O)N(C)C)CC2)c(F)c1)n1cc(OC)c(-c2cc(Cl)ccc2-n2cc(C(F)(F)F)nn2)cc1=O. The minimum Gasteiger partial charge on any atom is -0.495 e. The highest BCUT2D eigenvalue weighted by molar-refractivity contribution is 7.86. The molecule has 2 N–H and O–H groups in total. The van der Waals surface area contributed by atoms with Gasteiger partial charge in [-0.2, -0.15) is 30.2 Å². The van der Waals surface area contributed by atoms with E-state index in [9.17, 15) is 36.0 Å². The molecule has 2 amide bonds.